The first-order chi connectivity index (χ1) is 8.42. The van der Waals surface area contributed by atoms with Crippen molar-refractivity contribution in [2.45, 2.75) is 25.8 Å². The molecule has 5 heteroatoms. The average molecular weight is 313 g/mol. The third-order valence-electron chi connectivity index (χ3n) is 3.20. The summed E-state index contributed by atoms with van der Waals surface area (Å²) in [5.41, 5.74) is 8.05. The molecular weight excluding hydrogens is 296 g/mol. The number of carbonyl (C=O) groups is 1. The number of benzene rings is 1. The maximum atomic E-state index is 12.1. The molecule has 0 aliphatic carbocycles. The van der Waals surface area contributed by atoms with E-state index in [0.717, 1.165) is 21.3 Å². The molecule has 0 saturated carbocycles. The van der Waals surface area contributed by atoms with Gasteiger partial charge in [0.2, 0.25) is 5.91 Å². The summed E-state index contributed by atoms with van der Waals surface area (Å²) in [5, 5.41) is 2.87. The standard InChI is InChI=1S/C13H17BrN2O2/c1-8-5-10(6-9(2)11(8)14)16-12(17)13(15)3-4-18-7-13/h5-6H,3-4,7,15H2,1-2H3,(H,16,17). The lowest BCUT2D eigenvalue weighted by atomic mass is 9.99. The zero-order chi connectivity index (χ0) is 13.3. The van der Waals surface area contributed by atoms with Crippen LogP contribution in [0.3, 0.4) is 0 Å². The van der Waals surface area contributed by atoms with Crippen LogP contribution in [-0.4, -0.2) is 24.7 Å². The molecule has 1 aromatic rings. The van der Waals surface area contributed by atoms with Crippen LogP contribution < -0.4 is 11.1 Å². The Bertz CT molecular complexity index is 459. The number of amides is 1. The molecule has 4 nitrogen and oxygen atoms in total. The quantitative estimate of drug-likeness (QED) is 0.879. The van der Waals surface area contributed by atoms with Gasteiger partial charge in [-0.25, -0.2) is 0 Å². The van der Waals surface area contributed by atoms with Gasteiger partial charge in [0.15, 0.2) is 0 Å². The minimum atomic E-state index is -0.894. The molecule has 0 spiro atoms. The number of carbonyl (C=O) groups excluding carboxylic acids is 1. The van der Waals surface area contributed by atoms with Crippen molar-refractivity contribution in [2.75, 3.05) is 18.5 Å². The fourth-order valence-corrected chi connectivity index (χ4v) is 2.26. The van der Waals surface area contributed by atoms with Crippen LogP contribution in [0.5, 0.6) is 0 Å². The number of rotatable bonds is 2. The summed E-state index contributed by atoms with van der Waals surface area (Å²) < 4.78 is 6.25. The van der Waals surface area contributed by atoms with Crippen molar-refractivity contribution in [2.24, 2.45) is 5.73 Å². The van der Waals surface area contributed by atoms with E-state index in [2.05, 4.69) is 21.2 Å². The number of aryl methyl sites for hydroxylation is 2. The van der Waals surface area contributed by atoms with Gasteiger partial charge in [0, 0.05) is 16.8 Å². The summed E-state index contributed by atoms with van der Waals surface area (Å²) in [5.74, 6) is -0.180. The number of hydrogen-bond acceptors (Lipinski definition) is 3. The second-order valence-corrected chi connectivity index (χ2v) is 5.63. The van der Waals surface area contributed by atoms with Crippen LogP contribution in [0, 0.1) is 13.8 Å². The van der Waals surface area contributed by atoms with Crippen molar-refractivity contribution in [1.82, 2.24) is 0 Å². The van der Waals surface area contributed by atoms with E-state index in [-0.39, 0.29) is 12.5 Å². The number of anilines is 1. The fourth-order valence-electron chi connectivity index (χ4n) is 2.03. The summed E-state index contributed by atoms with van der Waals surface area (Å²) in [6, 6.07) is 3.85. The van der Waals surface area contributed by atoms with Gasteiger partial charge in [0.25, 0.3) is 0 Å². The molecule has 1 saturated heterocycles. The van der Waals surface area contributed by atoms with Crippen molar-refractivity contribution in [3.63, 3.8) is 0 Å². The topological polar surface area (TPSA) is 64.4 Å². The molecule has 1 unspecified atom stereocenters. The number of hydrogen-bond donors (Lipinski definition) is 2. The van der Waals surface area contributed by atoms with Gasteiger partial charge in [-0.2, -0.15) is 0 Å². The first kappa shape index (κ1) is 13.5. The van der Waals surface area contributed by atoms with Gasteiger partial charge < -0.3 is 15.8 Å². The molecule has 0 aromatic heterocycles. The van der Waals surface area contributed by atoms with E-state index >= 15 is 0 Å². The fraction of sp³-hybridized carbons (Fsp3) is 0.462. The number of halogens is 1. The molecule has 0 radical (unpaired) electrons. The summed E-state index contributed by atoms with van der Waals surface area (Å²) in [7, 11) is 0. The van der Waals surface area contributed by atoms with Gasteiger partial charge >= 0.3 is 0 Å². The maximum Gasteiger partial charge on any atom is 0.246 e. The molecule has 1 aromatic carbocycles. The van der Waals surface area contributed by atoms with Gasteiger partial charge in [-0.1, -0.05) is 15.9 Å². The Kier molecular flexibility index (Phi) is 3.75. The monoisotopic (exact) mass is 312 g/mol. The highest BCUT2D eigenvalue weighted by atomic mass is 79.9. The molecule has 1 aliphatic heterocycles. The number of nitrogens with two attached hydrogens (primary N) is 1. The number of nitrogens with one attached hydrogen (secondary N) is 1. The molecule has 1 amide bonds. The Hall–Kier alpha value is -0.910. The van der Waals surface area contributed by atoms with E-state index in [1.807, 2.05) is 26.0 Å². The third kappa shape index (κ3) is 2.58. The summed E-state index contributed by atoms with van der Waals surface area (Å²) in [4.78, 5) is 12.1. The van der Waals surface area contributed by atoms with Crippen LogP contribution in [0.2, 0.25) is 0 Å². The highest BCUT2D eigenvalue weighted by molar-refractivity contribution is 9.10. The SMILES string of the molecule is Cc1cc(NC(=O)C2(N)CCOC2)cc(C)c1Br. The van der Waals surface area contributed by atoms with E-state index < -0.39 is 5.54 Å². The zero-order valence-corrected chi connectivity index (χ0v) is 12.1. The van der Waals surface area contributed by atoms with Crippen LogP contribution in [0.25, 0.3) is 0 Å². The molecule has 1 fully saturated rings. The van der Waals surface area contributed by atoms with Crippen molar-refractivity contribution in [3.8, 4) is 0 Å². The van der Waals surface area contributed by atoms with E-state index in [9.17, 15) is 4.79 Å². The lowest BCUT2D eigenvalue weighted by molar-refractivity contribution is -0.121. The van der Waals surface area contributed by atoms with Gasteiger partial charge in [-0.3, -0.25) is 4.79 Å². The van der Waals surface area contributed by atoms with Gasteiger partial charge in [-0.15, -0.1) is 0 Å². The summed E-state index contributed by atoms with van der Waals surface area (Å²) in [6.45, 7) is 4.81. The third-order valence-corrected chi connectivity index (χ3v) is 4.45. The number of ether oxygens (including phenoxy) is 1. The minimum absolute atomic E-state index is 0.180. The summed E-state index contributed by atoms with van der Waals surface area (Å²) in [6.07, 6.45) is 0.563. The van der Waals surface area contributed by atoms with Crippen molar-refractivity contribution in [1.29, 1.82) is 0 Å². The Morgan fingerprint density at radius 2 is 2.06 bits per heavy atom. The highest BCUT2D eigenvalue weighted by Crippen LogP contribution is 2.26. The second-order valence-electron chi connectivity index (χ2n) is 4.84. The van der Waals surface area contributed by atoms with Crippen LogP contribution in [-0.2, 0) is 9.53 Å². The average Bonchev–Trinajstić information content (AvgIpc) is 2.74. The second kappa shape index (κ2) is 4.99. The van der Waals surface area contributed by atoms with Crippen LogP contribution >= 0.6 is 15.9 Å². The van der Waals surface area contributed by atoms with Crippen LogP contribution in [0.4, 0.5) is 5.69 Å². The Morgan fingerprint density at radius 1 is 1.44 bits per heavy atom. The minimum Gasteiger partial charge on any atom is -0.379 e. The molecule has 1 aliphatic rings. The predicted molar refractivity (Wildman–Crippen MR) is 74.6 cm³/mol. The molecule has 1 heterocycles. The van der Waals surface area contributed by atoms with E-state index in [1.165, 1.54) is 0 Å². The molecular formula is C13H17BrN2O2. The first-order valence-electron chi connectivity index (χ1n) is 5.87. The zero-order valence-electron chi connectivity index (χ0n) is 10.5. The predicted octanol–water partition coefficient (Wildman–Crippen LogP) is 2.12. The van der Waals surface area contributed by atoms with E-state index in [4.69, 9.17) is 10.5 Å². The Balaban J connectivity index is 2.17. The van der Waals surface area contributed by atoms with Gasteiger partial charge in [-0.05, 0) is 43.5 Å². The molecule has 3 N–H and O–H groups in total. The Morgan fingerprint density at radius 3 is 2.56 bits per heavy atom. The lowest BCUT2D eigenvalue weighted by Crippen LogP contribution is -2.51. The highest BCUT2D eigenvalue weighted by Gasteiger charge is 2.38. The lowest BCUT2D eigenvalue weighted by Gasteiger charge is -2.21. The van der Waals surface area contributed by atoms with E-state index in [0.29, 0.717) is 13.0 Å². The van der Waals surface area contributed by atoms with Crippen LogP contribution in [0.15, 0.2) is 16.6 Å². The molecule has 18 heavy (non-hydrogen) atoms. The molecule has 2 rings (SSSR count). The van der Waals surface area contributed by atoms with Crippen molar-refractivity contribution < 1.29 is 9.53 Å². The Labute approximate surface area is 115 Å². The van der Waals surface area contributed by atoms with E-state index in [1.54, 1.807) is 0 Å². The van der Waals surface area contributed by atoms with Crippen molar-refractivity contribution in [3.05, 3.63) is 27.7 Å². The normalized spacial score (nSPS) is 23.1. The van der Waals surface area contributed by atoms with Gasteiger partial charge in [0.1, 0.15) is 5.54 Å². The van der Waals surface area contributed by atoms with Crippen molar-refractivity contribution >= 4 is 27.5 Å². The first-order valence-corrected chi connectivity index (χ1v) is 6.66. The maximum absolute atomic E-state index is 12.1. The summed E-state index contributed by atoms with van der Waals surface area (Å²) >= 11 is 3.50. The smallest absolute Gasteiger partial charge is 0.246 e. The van der Waals surface area contributed by atoms with Crippen LogP contribution in [0.1, 0.15) is 17.5 Å². The largest absolute Gasteiger partial charge is 0.379 e. The molecule has 98 valence electrons. The van der Waals surface area contributed by atoms with Gasteiger partial charge in [0.05, 0.1) is 6.61 Å². The molecule has 0 bridgehead atoms. The molecule has 1 atom stereocenters.